The lowest BCUT2D eigenvalue weighted by Crippen LogP contribution is -2.02. The van der Waals surface area contributed by atoms with Crippen LogP contribution >= 0.6 is 0 Å². The highest BCUT2D eigenvalue weighted by atomic mass is 14.3. The molecule has 19 heavy (non-hydrogen) atoms. The van der Waals surface area contributed by atoms with Gasteiger partial charge in [0.05, 0.1) is 0 Å². The van der Waals surface area contributed by atoms with E-state index in [4.69, 9.17) is 0 Å². The molecule has 0 fully saturated rings. The normalized spacial score (nSPS) is 15.1. The Morgan fingerprint density at radius 3 is 1.53 bits per heavy atom. The minimum absolute atomic E-state index is 0.727. The predicted molar refractivity (Wildman–Crippen MR) is 87.3 cm³/mol. The molecule has 0 nitrogen and oxygen atoms in total. The summed E-state index contributed by atoms with van der Waals surface area (Å²) in [7, 11) is 0. The molecule has 0 spiro atoms. The van der Waals surface area contributed by atoms with Gasteiger partial charge < -0.3 is 0 Å². The topological polar surface area (TPSA) is 0 Å². The number of aryl methyl sites for hydroxylation is 2. The summed E-state index contributed by atoms with van der Waals surface area (Å²) in [5, 5.41) is 0. The van der Waals surface area contributed by atoms with E-state index in [9.17, 15) is 0 Å². The third-order valence-electron chi connectivity index (χ3n) is 4.10. The molecule has 108 valence electrons. The van der Waals surface area contributed by atoms with Crippen LogP contribution in [0.4, 0.5) is 0 Å². The summed E-state index contributed by atoms with van der Waals surface area (Å²) in [5.41, 5.74) is 8.55. The molecule has 1 aromatic carbocycles. The molecule has 0 saturated heterocycles. The van der Waals surface area contributed by atoms with Crippen molar-refractivity contribution in [1.82, 2.24) is 0 Å². The summed E-state index contributed by atoms with van der Waals surface area (Å²) >= 11 is 0. The Morgan fingerprint density at radius 1 is 0.737 bits per heavy atom. The summed E-state index contributed by atoms with van der Waals surface area (Å²) < 4.78 is 0. The first-order valence-electron chi connectivity index (χ1n) is 8.43. The first-order valence-corrected chi connectivity index (χ1v) is 8.43. The van der Waals surface area contributed by atoms with Crippen molar-refractivity contribution in [3.05, 3.63) is 33.9 Å². The second kappa shape index (κ2) is 7.72. The van der Waals surface area contributed by atoms with Gasteiger partial charge in [-0.15, -0.1) is 0 Å². The van der Waals surface area contributed by atoms with E-state index >= 15 is 0 Å². The Labute approximate surface area is 120 Å². The predicted octanol–water partition coefficient (Wildman–Crippen LogP) is 5.84. The lowest BCUT2D eigenvalue weighted by molar-refractivity contribution is 0.816. The van der Waals surface area contributed by atoms with E-state index in [1.807, 2.05) is 27.7 Å². The molecule has 0 unspecified atom stereocenters. The fourth-order valence-electron chi connectivity index (χ4n) is 3.56. The van der Waals surface area contributed by atoms with E-state index in [1.165, 1.54) is 38.5 Å². The third kappa shape index (κ3) is 3.22. The van der Waals surface area contributed by atoms with Crippen LogP contribution < -0.4 is 0 Å². The van der Waals surface area contributed by atoms with Gasteiger partial charge in [0, 0.05) is 0 Å². The summed E-state index contributed by atoms with van der Waals surface area (Å²) in [4.78, 5) is 0. The van der Waals surface area contributed by atoms with Crippen LogP contribution in [0, 0.1) is 0 Å². The van der Waals surface area contributed by atoms with Crippen LogP contribution in [0.15, 0.2) is 6.07 Å². The molecule has 2 aliphatic rings. The molecule has 0 bridgehead atoms. The first kappa shape index (κ1) is 16.3. The molecule has 0 saturated carbocycles. The summed E-state index contributed by atoms with van der Waals surface area (Å²) in [6.45, 7) is 12.7. The molecule has 0 aromatic heterocycles. The zero-order chi connectivity index (χ0) is 14.4. The van der Waals surface area contributed by atoms with E-state index in [0.717, 1.165) is 5.92 Å². The Balaban J connectivity index is 0.000000415. The van der Waals surface area contributed by atoms with Crippen LogP contribution in [0.1, 0.15) is 88.1 Å². The first-order chi connectivity index (χ1) is 9.27. The number of fused-ring (bicyclic) bond motifs is 2. The van der Waals surface area contributed by atoms with Crippen molar-refractivity contribution in [2.45, 2.75) is 86.0 Å². The Hall–Kier alpha value is -0.780. The molecular weight excluding hydrogens is 228 g/mol. The fraction of sp³-hybridized carbons (Fsp3) is 0.684. The second-order valence-corrected chi connectivity index (χ2v) is 5.43. The zero-order valence-electron chi connectivity index (χ0n) is 13.9. The van der Waals surface area contributed by atoms with Gasteiger partial charge >= 0.3 is 0 Å². The van der Waals surface area contributed by atoms with Crippen molar-refractivity contribution in [2.75, 3.05) is 0 Å². The van der Waals surface area contributed by atoms with E-state index in [-0.39, 0.29) is 0 Å². The molecule has 0 atom stereocenters. The van der Waals surface area contributed by atoms with Crippen LogP contribution in [0.25, 0.3) is 0 Å². The zero-order valence-corrected chi connectivity index (χ0v) is 13.9. The number of benzene rings is 1. The quantitative estimate of drug-likeness (QED) is 0.595. The van der Waals surface area contributed by atoms with E-state index in [0.29, 0.717) is 0 Å². The standard InChI is InChI=1S/C15H20.2C2H6/c1-10(2)15-13-7-3-5-11(13)9-12-6-4-8-14(12)15;2*1-2/h9-10H,3-8H2,1-2H3;2*1-2H3. The van der Waals surface area contributed by atoms with E-state index in [1.54, 1.807) is 27.8 Å². The smallest absolute Gasteiger partial charge is 0.0213 e. The molecule has 0 radical (unpaired) electrons. The van der Waals surface area contributed by atoms with Gasteiger partial charge in [0.15, 0.2) is 0 Å². The van der Waals surface area contributed by atoms with Gasteiger partial charge in [-0.2, -0.15) is 0 Å². The number of rotatable bonds is 1. The average Bonchev–Trinajstić information content (AvgIpc) is 3.07. The minimum Gasteiger partial charge on any atom is -0.0683 e. The molecule has 0 aliphatic heterocycles. The van der Waals surface area contributed by atoms with Crippen molar-refractivity contribution in [1.29, 1.82) is 0 Å². The minimum atomic E-state index is 0.727. The van der Waals surface area contributed by atoms with Gasteiger partial charge in [0.2, 0.25) is 0 Å². The van der Waals surface area contributed by atoms with Gasteiger partial charge in [0.25, 0.3) is 0 Å². The summed E-state index contributed by atoms with van der Waals surface area (Å²) in [6, 6.07) is 2.52. The SMILES string of the molecule is CC.CC.CC(C)c1c2c(cc3c1CCC3)CCC2. The van der Waals surface area contributed by atoms with Gasteiger partial charge in [0.1, 0.15) is 0 Å². The van der Waals surface area contributed by atoms with Gasteiger partial charge in [-0.3, -0.25) is 0 Å². The molecule has 0 heteroatoms. The van der Waals surface area contributed by atoms with Crippen molar-refractivity contribution >= 4 is 0 Å². The van der Waals surface area contributed by atoms with Crippen molar-refractivity contribution < 1.29 is 0 Å². The average molecular weight is 260 g/mol. The number of hydrogen-bond acceptors (Lipinski definition) is 0. The maximum Gasteiger partial charge on any atom is -0.0213 e. The van der Waals surface area contributed by atoms with Crippen molar-refractivity contribution in [3.8, 4) is 0 Å². The Bertz CT molecular complexity index is 367. The Kier molecular flexibility index (Phi) is 6.62. The highest BCUT2D eigenvalue weighted by Gasteiger charge is 2.24. The molecule has 0 amide bonds. The van der Waals surface area contributed by atoms with Crippen molar-refractivity contribution in [3.63, 3.8) is 0 Å². The molecule has 0 heterocycles. The maximum atomic E-state index is 2.52. The Morgan fingerprint density at radius 2 is 1.16 bits per heavy atom. The fourth-order valence-corrected chi connectivity index (χ4v) is 3.56. The van der Waals surface area contributed by atoms with Gasteiger partial charge in [-0.25, -0.2) is 0 Å². The highest BCUT2D eigenvalue weighted by molar-refractivity contribution is 5.51. The highest BCUT2D eigenvalue weighted by Crippen LogP contribution is 2.38. The van der Waals surface area contributed by atoms with Gasteiger partial charge in [-0.1, -0.05) is 47.6 Å². The van der Waals surface area contributed by atoms with Crippen LogP contribution in [0.3, 0.4) is 0 Å². The lowest BCUT2D eigenvalue weighted by atomic mass is 9.87. The lowest BCUT2D eigenvalue weighted by Gasteiger charge is -2.17. The summed E-state index contributed by atoms with van der Waals surface area (Å²) in [5.74, 6) is 0.727. The molecule has 2 aliphatic carbocycles. The van der Waals surface area contributed by atoms with Crippen LogP contribution in [-0.4, -0.2) is 0 Å². The van der Waals surface area contributed by atoms with Crippen molar-refractivity contribution in [2.24, 2.45) is 0 Å². The number of hydrogen-bond donors (Lipinski definition) is 0. The molecule has 1 aromatic rings. The van der Waals surface area contributed by atoms with Crippen LogP contribution in [0.2, 0.25) is 0 Å². The molecule has 3 rings (SSSR count). The van der Waals surface area contributed by atoms with Gasteiger partial charge in [-0.05, 0) is 72.3 Å². The maximum absolute atomic E-state index is 2.52. The monoisotopic (exact) mass is 260 g/mol. The largest absolute Gasteiger partial charge is 0.0683 e. The van der Waals surface area contributed by atoms with E-state index < -0.39 is 0 Å². The molecule has 0 N–H and O–H groups in total. The van der Waals surface area contributed by atoms with E-state index in [2.05, 4.69) is 19.9 Å². The summed E-state index contributed by atoms with van der Waals surface area (Å²) in [6.07, 6.45) is 8.13. The third-order valence-corrected chi connectivity index (χ3v) is 4.10. The second-order valence-electron chi connectivity index (χ2n) is 5.43. The molecular formula is C19H32. The van der Waals surface area contributed by atoms with Crippen LogP contribution in [0.5, 0.6) is 0 Å². The van der Waals surface area contributed by atoms with Crippen LogP contribution in [-0.2, 0) is 25.7 Å².